The number of aromatic nitrogens is 3. The van der Waals surface area contributed by atoms with Gasteiger partial charge in [-0.05, 0) is 142 Å². The van der Waals surface area contributed by atoms with Crippen LogP contribution >= 0.6 is 0 Å². The maximum absolute atomic E-state index is 6.28. The molecule has 0 N–H and O–H groups in total. The Bertz CT molecular complexity index is 3710. The molecule has 0 bridgehead atoms. The van der Waals surface area contributed by atoms with Gasteiger partial charge >= 0.3 is 0 Å². The zero-order chi connectivity index (χ0) is 41.8. The van der Waals surface area contributed by atoms with Gasteiger partial charge in [-0.25, -0.2) is 9.97 Å². The number of para-hydroxylation sites is 5. The minimum atomic E-state index is -0.276. The van der Waals surface area contributed by atoms with Gasteiger partial charge in [0.1, 0.15) is 11.0 Å². The molecule has 1 aliphatic carbocycles. The number of oxazole rings is 2. The van der Waals surface area contributed by atoms with E-state index in [1.54, 1.807) is 0 Å². The van der Waals surface area contributed by atoms with E-state index in [1.807, 2.05) is 48.5 Å². The predicted octanol–water partition coefficient (Wildman–Crippen LogP) is 15.3. The summed E-state index contributed by atoms with van der Waals surface area (Å²) in [6.45, 7) is 4.72. The zero-order valence-corrected chi connectivity index (χ0v) is 34.6. The molecule has 0 radical (unpaired) electrons. The zero-order valence-electron chi connectivity index (χ0n) is 34.6. The van der Waals surface area contributed by atoms with Gasteiger partial charge in [-0.1, -0.05) is 98.8 Å². The lowest BCUT2D eigenvalue weighted by atomic mass is 9.82. The summed E-state index contributed by atoms with van der Waals surface area (Å²) in [5.74, 6) is 1.24. The van der Waals surface area contributed by atoms with E-state index in [-0.39, 0.29) is 5.41 Å². The molecule has 0 amide bonds. The number of rotatable bonds is 6. The van der Waals surface area contributed by atoms with Crippen LogP contribution in [-0.4, -0.2) is 14.5 Å². The molecule has 0 aliphatic heterocycles. The van der Waals surface area contributed by atoms with E-state index in [9.17, 15) is 0 Å². The molecule has 0 spiro atoms. The van der Waals surface area contributed by atoms with Gasteiger partial charge < -0.3 is 18.3 Å². The van der Waals surface area contributed by atoms with E-state index in [0.717, 1.165) is 72.5 Å². The molecule has 3 aromatic heterocycles. The number of hydrogen-bond donors (Lipinski definition) is 0. The fraction of sp³-hybridized carbons (Fsp3) is 0.0526. The third-order valence-electron chi connectivity index (χ3n) is 13.0. The van der Waals surface area contributed by atoms with Crippen molar-refractivity contribution in [1.82, 2.24) is 14.5 Å². The first-order chi connectivity index (χ1) is 31.0. The molecule has 6 heteroatoms. The molecule has 0 unspecified atom stereocenters. The van der Waals surface area contributed by atoms with Gasteiger partial charge in [-0.2, -0.15) is 0 Å². The first kappa shape index (κ1) is 35.5. The highest BCUT2D eigenvalue weighted by Gasteiger charge is 2.37. The van der Waals surface area contributed by atoms with E-state index < -0.39 is 0 Å². The molecule has 0 saturated carbocycles. The highest BCUT2D eigenvalue weighted by atomic mass is 16.4. The average molecular weight is 811 g/mol. The van der Waals surface area contributed by atoms with Gasteiger partial charge in [-0.3, -0.25) is 0 Å². The molecule has 0 atom stereocenters. The Balaban J connectivity index is 0.918. The lowest BCUT2D eigenvalue weighted by molar-refractivity contribution is 0.619. The Morgan fingerprint density at radius 1 is 0.460 bits per heavy atom. The number of benzene rings is 9. The van der Waals surface area contributed by atoms with Crippen LogP contribution in [0.5, 0.6) is 0 Å². The molecule has 1 aliphatic rings. The fourth-order valence-electron chi connectivity index (χ4n) is 9.96. The van der Waals surface area contributed by atoms with Crippen LogP contribution in [0, 0.1) is 0 Å². The SMILES string of the molecule is CC1(C)c2cc(N(c3ccccc3)c3ccc(-c4nc5ccccc5o4)cc3)ccc2-c2ccc(-n3c4ccc(-c5nc6ccccc6o5)cc4c4c5ccccc5ccc43)cc21. The number of nitrogens with zero attached hydrogens (tertiary/aromatic N) is 4. The highest BCUT2D eigenvalue weighted by Crippen LogP contribution is 2.52. The Kier molecular flexibility index (Phi) is 7.55. The summed E-state index contributed by atoms with van der Waals surface area (Å²) in [7, 11) is 0. The fourth-order valence-corrected chi connectivity index (χ4v) is 9.96. The van der Waals surface area contributed by atoms with Crippen molar-refractivity contribution in [3.05, 3.63) is 205 Å². The number of hydrogen-bond acceptors (Lipinski definition) is 5. The summed E-state index contributed by atoms with van der Waals surface area (Å²) < 4.78 is 14.8. The Morgan fingerprint density at radius 3 is 1.79 bits per heavy atom. The van der Waals surface area contributed by atoms with Crippen molar-refractivity contribution in [2.24, 2.45) is 0 Å². The van der Waals surface area contributed by atoms with E-state index in [0.29, 0.717) is 11.8 Å². The van der Waals surface area contributed by atoms with Crippen molar-refractivity contribution in [2.75, 3.05) is 4.90 Å². The first-order valence-electron chi connectivity index (χ1n) is 21.4. The van der Waals surface area contributed by atoms with E-state index in [4.69, 9.17) is 18.8 Å². The summed E-state index contributed by atoms with van der Waals surface area (Å²) >= 11 is 0. The summed E-state index contributed by atoms with van der Waals surface area (Å²) in [5, 5.41) is 4.81. The van der Waals surface area contributed by atoms with E-state index in [1.165, 1.54) is 38.4 Å². The molecule has 6 nitrogen and oxygen atoms in total. The van der Waals surface area contributed by atoms with Crippen LogP contribution < -0.4 is 4.90 Å². The lowest BCUT2D eigenvalue weighted by Crippen LogP contribution is -2.17. The van der Waals surface area contributed by atoms with Crippen molar-refractivity contribution in [3.63, 3.8) is 0 Å². The van der Waals surface area contributed by atoms with E-state index in [2.05, 4.69) is 169 Å². The van der Waals surface area contributed by atoms with Gasteiger partial charge in [-0.15, -0.1) is 0 Å². The Labute approximate surface area is 362 Å². The Morgan fingerprint density at radius 2 is 1.05 bits per heavy atom. The Hall–Kier alpha value is -8.22. The van der Waals surface area contributed by atoms with Gasteiger partial charge in [0.25, 0.3) is 0 Å². The van der Waals surface area contributed by atoms with Crippen molar-refractivity contribution in [1.29, 1.82) is 0 Å². The quantitative estimate of drug-likeness (QED) is 0.167. The standard InChI is InChI=1S/C57H38N4O2/c1-57(2)46-33-40(60(38-13-4-3-5-14-38)39-24-20-36(21-25-39)55-58-48-16-8-10-18-52(48)62-55)26-28-43(46)44-29-27-41(34-47(44)57)61-50-30-23-37(56-59-49-17-9-11-19-53(49)63-56)32-45(50)54-42-15-7-6-12-35(42)22-31-51(54)61/h3-34H,1-2H3. The van der Waals surface area contributed by atoms with Gasteiger partial charge in [0, 0.05) is 50.1 Å². The van der Waals surface area contributed by atoms with Gasteiger partial charge in [0.15, 0.2) is 11.2 Å². The summed E-state index contributed by atoms with van der Waals surface area (Å²) in [4.78, 5) is 11.9. The van der Waals surface area contributed by atoms with Crippen LogP contribution in [0.25, 0.3) is 94.5 Å². The third-order valence-corrected chi connectivity index (χ3v) is 13.0. The second-order valence-electron chi connectivity index (χ2n) is 17.0. The van der Waals surface area contributed by atoms with Gasteiger partial charge in [0.05, 0.1) is 11.0 Å². The molecular weight excluding hydrogens is 773 g/mol. The molecule has 0 fully saturated rings. The third kappa shape index (κ3) is 5.44. The second-order valence-corrected chi connectivity index (χ2v) is 17.0. The lowest BCUT2D eigenvalue weighted by Gasteiger charge is -2.28. The molecule has 63 heavy (non-hydrogen) atoms. The molecule has 3 heterocycles. The van der Waals surface area contributed by atoms with Crippen molar-refractivity contribution in [2.45, 2.75) is 19.3 Å². The van der Waals surface area contributed by atoms with Crippen LogP contribution in [0.15, 0.2) is 203 Å². The first-order valence-corrected chi connectivity index (χ1v) is 21.4. The van der Waals surface area contributed by atoms with Gasteiger partial charge in [0.2, 0.25) is 11.8 Å². The molecule has 0 saturated heterocycles. The molecule has 12 aromatic rings. The summed E-state index contributed by atoms with van der Waals surface area (Å²) in [5.41, 5.74) is 16.7. The smallest absolute Gasteiger partial charge is 0.227 e. The minimum Gasteiger partial charge on any atom is -0.436 e. The van der Waals surface area contributed by atoms with Crippen molar-refractivity contribution >= 4 is 71.8 Å². The topological polar surface area (TPSA) is 60.2 Å². The largest absolute Gasteiger partial charge is 0.436 e. The van der Waals surface area contributed by atoms with Crippen LogP contribution in [-0.2, 0) is 5.41 Å². The maximum Gasteiger partial charge on any atom is 0.227 e. The molecular formula is C57H38N4O2. The van der Waals surface area contributed by atoms with Crippen LogP contribution in [0.4, 0.5) is 17.1 Å². The average Bonchev–Trinajstić information content (AvgIpc) is 4.10. The molecule has 298 valence electrons. The second kappa shape index (κ2) is 13.4. The maximum atomic E-state index is 6.28. The van der Waals surface area contributed by atoms with Crippen molar-refractivity contribution < 1.29 is 8.83 Å². The summed E-state index contributed by atoms with van der Waals surface area (Å²) in [6, 6.07) is 68.7. The van der Waals surface area contributed by atoms with Crippen molar-refractivity contribution in [3.8, 4) is 39.7 Å². The van der Waals surface area contributed by atoms with Crippen LogP contribution in [0.1, 0.15) is 25.0 Å². The minimum absolute atomic E-state index is 0.276. The monoisotopic (exact) mass is 810 g/mol. The normalized spacial score (nSPS) is 13.0. The number of fused-ring (bicyclic) bond motifs is 10. The van der Waals surface area contributed by atoms with E-state index >= 15 is 0 Å². The van der Waals surface area contributed by atoms with Crippen LogP contribution in [0.3, 0.4) is 0 Å². The molecule has 9 aromatic carbocycles. The summed E-state index contributed by atoms with van der Waals surface area (Å²) in [6.07, 6.45) is 0. The highest BCUT2D eigenvalue weighted by molar-refractivity contribution is 6.22. The predicted molar refractivity (Wildman–Crippen MR) is 257 cm³/mol. The molecule has 13 rings (SSSR count). The van der Waals surface area contributed by atoms with Crippen LogP contribution in [0.2, 0.25) is 0 Å². The number of anilines is 3.